The van der Waals surface area contributed by atoms with Crippen molar-refractivity contribution in [1.29, 1.82) is 0 Å². The largest absolute Gasteiger partial charge is 0.358 e. The number of aromatic nitrogens is 1. The van der Waals surface area contributed by atoms with E-state index in [9.17, 15) is 13.2 Å². The lowest BCUT2D eigenvalue weighted by molar-refractivity contribution is -0.128. The van der Waals surface area contributed by atoms with Crippen LogP contribution in [0.15, 0.2) is 22.7 Å². The molecule has 1 aromatic heterocycles. The fraction of sp³-hybridized carbons (Fsp3) is 0.571. The van der Waals surface area contributed by atoms with Gasteiger partial charge >= 0.3 is 0 Å². The topological polar surface area (TPSA) is 79.0 Å². The van der Waals surface area contributed by atoms with Crippen molar-refractivity contribution in [3.05, 3.63) is 33.9 Å². The highest BCUT2D eigenvalue weighted by Gasteiger charge is 2.65. The molecule has 2 fully saturated rings. The van der Waals surface area contributed by atoms with E-state index in [0.29, 0.717) is 31.7 Å². The SMILES string of the molecule is Cc1[nH]c2ccc(Br)cc2c1CCNS(=O)(=O)CC12CCC(CC1=O)C2(C)C. The van der Waals surface area contributed by atoms with E-state index in [-0.39, 0.29) is 17.0 Å². The Kier molecular flexibility index (Phi) is 4.79. The van der Waals surface area contributed by atoms with Crippen LogP contribution in [0.1, 0.15) is 44.4 Å². The molecule has 0 saturated heterocycles. The van der Waals surface area contributed by atoms with Crippen molar-refractivity contribution >= 4 is 42.6 Å². The summed E-state index contributed by atoms with van der Waals surface area (Å²) in [6.45, 7) is 6.47. The van der Waals surface area contributed by atoms with Crippen molar-refractivity contribution in [3.63, 3.8) is 0 Å². The zero-order valence-corrected chi connectivity index (χ0v) is 19.0. The standard InChI is InChI=1S/C21H27BrN2O3S/c1-13-16(17-11-15(22)4-5-18(17)24-13)7-9-23-28(26,27)12-21-8-6-14(10-19(21)25)20(21,2)3/h4-5,11,14,23-24H,6-10,12H2,1-3H3. The van der Waals surface area contributed by atoms with Crippen LogP contribution in [-0.2, 0) is 21.2 Å². The van der Waals surface area contributed by atoms with E-state index in [1.165, 1.54) is 0 Å². The number of aromatic amines is 1. The maximum absolute atomic E-state index is 12.9. The third kappa shape index (κ3) is 3.06. The number of hydrogen-bond donors (Lipinski definition) is 2. The molecule has 2 N–H and O–H groups in total. The zero-order chi connectivity index (χ0) is 20.3. The van der Waals surface area contributed by atoms with Crippen molar-refractivity contribution in [1.82, 2.24) is 9.71 Å². The van der Waals surface area contributed by atoms with Crippen LogP contribution in [0.25, 0.3) is 10.9 Å². The van der Waals surface area contributed by atoms with Gasteiger partial charge in [0, 0.05) is 39.5 Å². The lowest BCUT2D eigenvalue weighted by Gasteiger charge is -2.36. The minimum Gasteiger partial charge on any atom is -0.358 e. The number of Topliss-reactive ketones (excluding diaryl/α,β-unsaturated/α-hetero) is 1. The van der Waals surface area contributed by atoms with Gasteiger partial charge in [0.15, 0.2) is 0 Å². The number of H-pyrrole nitrogens is 1. The number of hydrogen-bond acceptors (Lipinski definition) is 3. The summed E-state index contributed by atoms with van der Waals surface area (Å²) in [6.07, 6.45) is 2.79. The Hall–Kier alpha value is -1.18. The van der Waals surface area contributed by atoms with Gasteiger partial charge in [0.25, 0.3) is 0 Å². The molecule has 2 saturated carbocycles. The quantitative estimate of drug-likeness (QED) is 0.672. The van der Waals surface area contributed by atoms with E-state index >= 15 is 0 Å². The van der Waals surface area contributed by atoms with Crippen LogP contribution in [0.4, 0.5) is 0 Å². The smallest absolute Gasteiger partial charge is 0.212 e. The minimum atomic E-state index is -3.53. The predicted octanol–water partition coefficient (Wildman–Crippen LogP) is 4.10. The molecule has 4 rings (SSSR count). The van der Waals surface area contributed by atoms with E-state index in [4.69, 9.17) is 0 Å². The molecule has 1 aromatic carbocycles. The summed E-state index contributed by atoms with van der Waals surface area (Å²) in [4.78, 5) is 16.0. The van der Waals surface area contributed by atoms with Gasteiger partial charge in [-0.25, -0.2) is 13.1 Å². The van der Waals surface area contributed by atoms with Crippen molar-refractivity contribution in [2.75, 3.05) is 12.3 Å². The van der Waals surface area contributed by atoms with Gasteiger partial charge in [0.1, 0.15) is 5.78 Å². The number of ketones is 1. The highest BCUT2D eigenvalue weighted by molar-refractivity contribution is 9.10. The van der Waals surface area contributed by atoms with Gasteiger partial charge in [0.05, 0.1) is 5.75 Å². The third-order valence-corrected chi connectivity index (χ3v) is 9.36. The molecule has 1 heterocycles. The average molecular weight is 467 g/mol. The molecule has 0 radical (unpaired) electrons. The number of nitrogens with one attached hydrogen (secondary N) is 2. The monoisotopic (exact) mass is 466 g/mol. The van der Waals surface area contributed by atoms with Crippen LogP contribution in [-0.4, -0.2) is 31.5 Å². The van der Waals surface area contributed by atoms with E-state index in [1.807, 2.05) is 19.1 Å². The fourth-order valence-corrected chi connectivity index (χ4v) is 7.69. The van der Waals surface area contributed by atoms with Crippen LogP contribution in [0, 0.1) is 23.7 Å². The molecule has 7 heteroatoms. The number of fused-ring (bicyclic) bond motifs is 3. The molecule has 2 bridgehead atoms. The van der Waals surface area contributed by atoms with Crippen LogP contribution in [0.2, 0.25) is 0 Å². The molecule has 2 unspecified atom stereocenters. The Balaban J connectivity index is 1.48. The summed E-state index contributed by atoms with van der Waals surface area (Å²) in [6, 6.07) is 6.06. The number of carbonyl (C=O) groups is 1. The second kappa shape index (κ2) is 6.67. The van der Waals surface area contributed by atoms with Crippen molar-refractivity contribution in [2.45, 2.75) is 46.5 Å². The fourth-order valence-electron chi connectivity index (χ4n) is 5.49. The summed E-state index contributed by atoms with van der Waals surface area (Å²) in [5.41, 5.74) is 2.27. The number of halogens is 1. The van der Waals surface area contributed by atoms with Gasteiger partial charge in [-0.1, -0.05) is 29.8 Å². The number of rotatable bonds is 6. The molecule has 2 atom stereocenters. The van der Waals surface area contributed by atoms with E-state index in [2.05, 4.69) is 45.5 Å². The second-order valence-corrected chi connectivity index (χ2v) is 11.7. The van der Waals surface area contributed by atoms with Gasteiger partial charge in [0.2, 0.25) is 10.0 Å². The summed E-state index contributed by atoms with van der Waals surface area (Å²) < 4.78 is 29.5. The number of aryl methyl sites for hydroxylation is 1. The maximum Gasteiger partial charge on any atom is 0.212 e. The lowest BCUT2D eigenvalue weighted by atomic mass is 9.70. The maximum atomic E-state index is 12.9. The number of sulfonamides is 1. The molecule has 0 amide bonds. The van der Waals surface area contributed by atoms with Crippen LogP contribution >= 0.6 is 15.9 Å². The highest BCUT2D eigenvalue weighted by atomic mass is 79.9. The summed E-state index contributed by atoms with van der Waals surface area (Å²) in [5, 5.41) is 1.11. The first kappa shape index (κ1) is 20.1. The highest BCUT2D eigenvalue weighted by Crippen LogP contribution is 2.64. The molecule has 28 heavy (non-hydrogen) atoms. The Morgan fingerprint density at radius 1 is 1.32 bits per heavy atom. The van der Waals surface area contributed by atoms with Gasteiger partial charge in [-0.05, 0) is 61.3 Å². The lowest BCUT2D eigenvalue weighted by Crippen LogP contribution is -2.45. The first-order valence-corrected chi connectivity index (χ1v) is 12.3. The van der Waals surface area contributed by atoms with Gasteiger partial charge in [-0.15, -0.1) is 0 Å². The first-order valence-electron chi connectivity index (χ1n) is 9.83. The molecule has 0 spiro atoms. The summed E-state index contributed by atoms with van der Waals surface area (Å²) in [7, 11) is -3.53. The average Bonchev–Trinajstić information content (AvgIpc) is 3.09. The van der Waals surface area contributed by atoms with Crippen LogP contribution < -0.4 is 4.72 Å². The number of benzene rings is 1. The van der Waals surface area contributed by atoms with Gasteiger partial charge < -0.3 is 4.98 Å². The van der Waals surface area contributed by atoms with E-state index < -0.39 is 15.4 Å². The van der Waals surface area contributed by atoms with Crippen LogP contribution in [0.3, 0.4) is 0 Å². The molecular formula is C21H27BrN2O3S. The van der Waals surface area contributed by atoms with Crippen molar-refractivity contribution < 1.29 is 13.2 Å². The second-order valence-electron chi connectivity index (χ2n) is 8.99. The molecule has 0 aliphatic heterocycles. The molecule has 2 aromatic rings. The zero-order valence-electron chi connectivity index (χ0n) is 16.6. The number of carbonyl (C=O) groups excluding carboxylic acids is 1. The predicted molar refractivity (Wildman–Crippen MR) is 115 cm³/mol. The van der Waals surface area contributed by atoms with Crippen LogP contribution in [0.5, 0.6) is 0 Å². The van der Waals surface area contributed by atoms with Gasteiger partial charge in [-0.2, -0.15) is 0 Å². The Morgan fingerprint density at radius 3 is 2.71 bits per heavy atom. The van der Waals surface area contributed by atoms with Crippen molar-refractivity contribution in [3.8, 4) is 0 Å². The minimum absolute atomic E-state index is 0.0826. The molecule has 5 nitrogen and oxygen atoms in total. The molecule has 152 valence electrons. The Labute approximate surface area is 174 Å². The van der Waals surface area contributed by atoms with Crippen molar-refractivity contribution in [2.24, 2.45) is 16.7 Å². The Morgan fingerprint density at radius 2 is 2.07 bits per heavy atom. The molecule has 2 aliphatic rings. The third-order valence-electron chi connectivity index (χ3n) is 7.35. The molecule has 2 aliphatic carbocycles. The molecular weight excluding hydrogens is 440 g/mol. The van der Waals surface area contributed by atoms with Gasteiger partial charge in [-0.3, -0.25) is 4.79 Å². The van der Waals surface area contributed by atoms with E-state index in [0.717, 1.165) is 33.1 Å². The van der Waals surface area contributed by atoms with E-state index in [1.54, 1.807) is 0 Å². The summed E-state index contributed by atoms with van der Waals surface area (Å²) >= 11 is 3.50. The Bertz CT molecular complexity index is 1060. The first-order chi connectivity index (χ1) is 13.1. The normalized spacial score (nSPS) is 26.4. The summed E-state index contributed by atoms with van der Waals surface area (Å²) in [5.74, 6) is 0.375.